The molecule has 0 radical (unpaired) electrons. The molecule has 1 aliphatic heterocycles. The summed E-state index contributed by atoms with van der Waals surface area (Å²) in [5, 5.41) is 13.5. The molecule has 0 aromatic heterocycles. The summed E-state index contributed by atoms with van der Waals surface area (Å²) in [6, 6.07) is 8.59. The van der Waals surface area contributed by atoms with Crippen LogP contribution in [0.5, 0.6) is 0 Å². The predicted octanol–water partition coefficient (Wildman–Crippen LogP) is 0.648. The average molecular weight is 291 g/mol. The minimum atomic E-state index is -0.748. The van der Waals surface area contributed by atoms with Crippen LogP contribution in [0, 0.1) is 0 Å². The van der Waals surface area contributed by atoms with Crippen LogP contribution in [0.2, 0.25) is 0 Å². The van der Waals surface area contributed by atoms with Crippen LogP contribution in [0.25, 0.3) is 0 Å². The maximum absolute atomic E-state index is 12.3. The van der Waals surface area contributed by atoms with Crippen molar-refractivity contribution in [2.24, 2.45) is 5.73 Å². The Morgan fingerprint density at radius 1 is 1.43 bits per heavy atom. The van der Waals surface area contributed by atoms with E-state index in [1.54, 1.807) is 0 Å². The van der Waals surface area contributed by atoms with Crippen molar-refractivity contribution in [1.29, 1.82) is 0 Å². The zero-order valence-electron chi connectivity index (χ0n) is 12.5. The van der Waals surface area contributed by atoms with Crippen LogP contribution in [0.3, 0.4) is 0 Å². The first-order chi connectivity index (χ1) is 10.1. The molecule has 1 fully saturated rings. The van der Waals surface area contributed by atoms with E-state index in [4.69, 9.17) is 5.73 Å². The molecular formula is C16H25N3O2. The zero-order valence-corrected chi connectivity index (χ0v) is 12.5. The van der Waals surface area contributed by atoms with E-state index in [-0.39, 0.29) is 11.9 Å². The van der Waals surface area contributed by atoms with Gasteiger partial charge < -0.3 is 21.1 Å². The van der Waals surface area contributed by atoms with Crippen molar-refractivity contribution in [2.45, 2.75) is 38.0 Å². The minimum absolute atomic E-state index is 0.0961. The molecule has 21 heavy (non-hydrogen) atoms. The number of aliphatic hydroxyl groups is 1. The molecule has 116 valence electrons. The van der Waals surface area contributed by atoms with Crippen molar-refractivity contribution < 1.29 is 9.90 Å². The van der Waals surface area contributed by atoms with Crippen molar-refractivity contribution in [3.05, 3.63) is 35.9 Å². The van der Waals surface area contributed by atoms with E-state index >= 15 is 0 Å². The number of carbonyl (C=O) groups is 1. The molecule has 0 spiro atoms. The number of hydrogen-bond acceptors (Lipinski definition) is 4. The van der Waals surface area contributed by atoms with E-state index in [1.807, 2.05) is 35.2 Å². The summed E-state index contributed by atoms with van der Waals surface area (Å²) in [6.07, 6.45) is 0.647. The Morgan fingerprint density at radius 2 is 2.14 bits per heavy atom. The van der Waals surface area contributed by atoms with Crippen molar-refractivity contribution >= 4 is 5.91 Å². The topological polar surface area (TPSA) is 78.6 Å². The van der Waals surface area contributed by atoms with Crippen LogP contribution in [-0.4, -0.2) is 47.6 Å². The first kappa shape index (κ1) is 15.9. The van der Waals surface area contributed by atoms with Crippen LogP contribution in [0.1, 0.15) is 31.4 Å². The van der Waals surface area contributed by atoms with Crippen LogP contribution < -0.4 is 11.1 Å². The number of rotatable bonds is 6. The number of hydrogen-bond donors (Lipinski definition) is 3. The minimum Gasteiger partial charge on any atom is -0.387 e. The van der Waals surface area contributed by atoms with E-state index in [2.05, 4.69) is 12.2 Å². The van der Waals surface area contributed by atoms with Gasteiger partial charge >= 0.3 is 0 Å². The number of amides is 1. The van der Waals surface area contributed by atoms with Gasteiger partial charge in [-0.1, -0.05) is 37.3 Å². The first-order valence-corrected chi connectivity index (χ1v) is 7.64. The molecule has 0 aliphatic carbocycles. The summed E-state index contributed by atoms with van der Waals surface area (Å²) in [7, 11) is 0. The fourth-order valence-electron chi connectivity index (χ4n) is 2.77. The lowest BCUT2D eigenvalue weighted by Gasteiger charge is -2.34. The SMILES string of the molecule is CCCN1CCNC(C[C@H](N)[C@@H](O)c2ccccc2)C1=O. The second kappa shape index (κ2) is 7.54. The molecular weight excluding hydrogens is 266 g/mol. The van der Waals surface area contributed by atoms with Gasteiger partial charge in [-0.2, -0.15) is 0 Å². The van der Waals surface area contributed by atoms with Gasteiger partial charge in [0, 0.05) is 25.7 Å². The van der Waals surface area contributed by atoms with Crippen LogP contribution in [-0.2, 0) is 4.79 Å². The van der Waals surface area contributed by atoms with Gasteiger partial charge in [0.15, 0.2) is 0 Å². The molecule has 1 heterocycles. The van der Waals surface area contributed by atoms with Gasteiger partial charge in [0.1, 0.15) is 0 Å². The molecule has 5 nitrogen and oxygen atoms in total. The molecule has 0 saturated carbocycles. The van der Waals surface area contributed by atoms with Gasteiger partial charge in [-0.15, -0.1) is 0 Å². The highest BCUT2D eigenvalue weighted by atomic mass is 16.3. The molecule has 1 aromatic carbocycles. The lowest BCUT2D eigenvalue weighted by atomic mass is 9.96. The number of piperazine rings is 1. The summed E-state index contributed by atoms with van der Waals surface area (Å²) in [5.74, 6) is 0.0961. The maximum Gasteiger partial charge on any atom is 0.239 e. The Labute approximate surface area is 126 Å². The fraction of sp³-hybridized carbons (Fsp3) is 0.562. The Kier molecular flexibility index (Phi) is 5.73. The molecule has 4 N–H and O–H groups in total. The third-order valence-corrected chi connectivity index (χ3v) is 3.93. The highest BCUT2D eigenvalue weighted by molar-refractivity contribution is 5.82. The summed E-state index contributed by atoms with van der Waals surface area (Å²) in [5.41, 5.74) is 6.89. The van der Waals surface area contributed by atoms with E-state index < -0.39 is 12.1 Å². The van der Waals surface area contributed by atoms with Crippen molar-refractivity contribution in [3.8, 4) is 0 Å². The number of aliphatic hydroxyl groups excluding tert-OH is 1. The molecule has 1 aliphatic rings. The molecule has 1 aromatic rings. The number of benzene rings is 1. The molecule has 1 unspecified atom stereocenters. The summed E-state index contributed by atoms with van der Waals surface area (Å²) >= 11 is 0. The predicted molar refractivity (Wildman–Crippen MR) is 82.7 cm³/mol. The summed E-state index contributed by atoms with van der Waals surface area (Å²) in [6.45, 7) is 4.38. The third-order valence-electron chi connectivity index (χ3n) is 3.93. The smallest absolute Gasteiger partial charge is 0.239 e. The van der Waals surface area contributed by atoms with E-state index in [9.17, 15) is 9.90 Å². The summed E-state index contributed by atoms with van der Waals surface area (Å²) in [4.78, 5) is 14.2. The Hall–Kier alpha value is -1.43. The monoisotopic (exact) mass is 291 g/mol. The van der Waals surface area contributed by atoms with E-state index in [0.717, 1.165) is 31.6 Å². The number of nitrogens with two attached hydrogens (primary N) is 1. The van der Waals surface area contributed by atoms with Gasteiger partial charge in [0.2, 0.25) is 5.91 Å². The van der Waals surface area contributed by atoms with Crippen molar-refractivity contribution in [3.63, 3.8) is 0 Å². The van der Waals surface area contributed by atoms with Crippen LogP contribution >= 0.6 is 0 Å². The molecule has 3 atom stereocenters. The first-order valence-electron chi connectivity index (χ1n) is 7.64. The maximum atomic E-state index is 12.3. The normalized spacial score (nSPS) is 22.1. The van der Waals surface area contributed by atoms with Crippen LogP contribution in [0.15, 0.2) is 30.3 Å². The Bertz CT molecular complexity index is 450. The standard InChI is InChI=1S/C16H25N3O2/c1-2-9-19-10-8-18-14(16(19)21)11-13(17)15(20)12-6-4-3-5-7-12/h3-7,13-15,18,20H,2,8-11,17H2,1H3/t13-,14?,15-/m0/s1. The Balaban J connectivity index is 1.95. The van der Waals surface area contributed by atoms with Gasteiger partial charge in [0.25, 0.3) is 0 Å². The van der Waals surface area contributed by atoms with Crippen molar-refractivity contribution in [1.82, 2.24) is 10.2 Å². The largest absolute Gasteiger partial charge is 0.387 e. The van der Waals surface area contributed by atoms with Gasteiger partial charge in [-0.05, 0) is 18.4 Å². The van der Waals surface area contributed by atoms with Crippen LogP contribution in [0.4, 0.5) is 0 Å². The number of nitrogens with one attached hydrogen (secondary N) is 1. The molecule has 1 saturated heterocycles. The lowest BCUT2D eigenvalue weighted by Crippen LogP contribution is -2.56. The Morgan fingerprint density at radius 3 is 2.81 bits per heavy atom. The third kappa shape index (κ3) is 4.03. The molecule has 1 amide bonds. The second-order valence-corrected chi connectivity index (χ2v) is 5.59. The molecule has 5 heteroatoms. The highest BCUT2D eigenvalue weighted by Gasteiger charge is 2.31. The summed E-state index contributed by atoms with van der Waals surface area (Å²) < 4.78 is 0. The molecule has 0 bridgehead atoms. The van der Waals surface area contributed by atoms with Gasteiger partial charge in [0.05, 0.1) is 12.1 Å². The highest BCUT2D eigenvalue weighted by Crippen LogP contribution is 2.19. The fourth-order valence-corrected chi connectivity index (χ4v) is 2.77. The van der Waals surface area contributed by atoms with Gasteiger partial charge in [-0.25, -0.2) is 0 Å². The van der Waals surface area contributed by atoms with Gasteiger partial charge in [-0.3, -0.25) is 4.79 Å². The number of nitrogens with zero attached hydrogens (tertiary/aromatic N) is 1. The lowest BCUT2D eigenvalue weighted by molar-refractivity contribution is -0.136. The quantitative estimate of drug-likeness (QED) is 0.719. The second-order valence-electron chi connectivity index (χ2n) is 5.59. The van der Waals surface area contributed by atoms with E-state index in [1.165, 1.54) is 0 Å². The van der Waals surface area contributed by atoms with E-state index in [0.29, 0.717) is 6.42 Å². The zero-order chi connectivity index (χ0) is 15.2. The van der Waals surface area contributed by atoms with Crippen molar-refractivity contribution in [2.75, 3.05) is 19.6 Å². The molecule has 2 rings (SSSR count). The average Bonchev–Trinajstić information content (AvgIpc) is 2.51. The number of carbonyl (C=O) groups excluding carboxylic acids is 1.